The Balaban J connectivity index is 1.77. The van der Waals surface area contributed by atoms with Crippen molar-refractivity contribution in [2.24, 2.45) is 11.7 Å². The van der Waals surface area contributed by atoms with E-state index >= 15 is 0 Å². The lowest BCUT2D eigenvalue weighted by molar-refractivity contribution is -0.123. The van der Waals surface area contributed by atoms with E-state index in [-0.39, 0.29) is 23.8 Å². The molecule has 1 aliphatic rings. The van der Waals surface area contributed by atoms with Crippen LogP contribution in [0, 0.1) is 5.92 Å². The third-order valence-electron chi connectivity index (χ3n) is 5.54. The van der Waals surface area contributed by atoms with Gasteiger partial charge < -0.3 is 10.6 Å². The first-order valence-corrected chi connectivity index (χ1v) is 9.98. The standard InChI is InChI=1S/C22H25N5O2/c1-14(2)27-21-18(13-24-27)17(12-19(25-21)15-6-4-3-5-7-15)22(29)26-10-8-16(9-11-26)20(23)28/h3-7,12-14,16H,8-11H2,1-2H3,(H2,23,28). The quantitative estimate of drug-likeness (QED) is 0.740. The summed E-state index contributed by atoms with van der Waals surface area (Å²) in [7, 11) is 0. The van der Waals surface area contributed by atoms with E-state index in [1.807, 2.05) is 54.9 Å². The van der Waals surface area contributed by atoms with Gasteiger partial charge in [-0.3, -0.25) is 9.59 Å². The molecule has 150 valence electrons. The van der Waals surface area contributed by atoms with E-state index in [0.717, 1.165) is 16.6 Å². The van der Waals surface area contributed by atoms with Crippen LogP contribution in [-0.2, 0) is 4.79 Å². The lowest BCUT2D eigenvalue weighted by Gasteiger charge is -2.30. The number of amides is 2. The molecule has 0 radical (unpaired) electrons. The van der Waals surface area contributed by atoms with Crippen LogP contribution >= 0.6 is 0 Å². The molecule has 0 aliphatic carbocycles. The van der Waals surface area contributed by atoms with E-state index in [1.165, 1.54) is 0 Å². The first-order chi connectivity index (χ1) is 14.0. The highest BCUT2D eigenvalue weighted by atomic mass is 16.2. The van der Waals surface area contributed by atoms with Crippen LogP contribution in [0.25, 0.3) is 22.3 Å². The largest absolute Gasteiger partial charge is 0.369 e. The Labute approximate surface area is 169 Å². The summed E-state index contributed by atoms with van der Waals surface area (Å²) >= 11 is 0. The zero-order valence-electron chi connectivity index (χ0n) is 16.7. The number of fused-ring (bicyclic) bond motifs is 1. The van der Waals surface area contributed by atoms with E-state index < -0.39 is 0 Å². The first-order valence-electron chi connectivity index (χ1n) is 9.98. The van der Waals surface area contributed by atoms with Crippen molar-refractivity contribution >= 4 is 22.8 Å². The fourth-order valence-electron chi connectivity index (χ4n) is 3.87. The number of primary amides is 1. The number of carbonyl (C=O) groups is 2. The molecule has 1 aliphatic heterocycles. The predicted octanol–water partition coefficient (Wildman–Crippen LogP) is 3.02. The van der Waals surface area contributed by atoms with E-state index in [1.54, 1.807) is 11.1 Å². The number of carbonyl (C=O) groups excluding carboxylic acids is 2. The number of aromatic nitrogens is 3. The summed E-state index contributed by atoms with van der Waals surface area (Å²) in [5.41, 5.74) is 8.43. The van der Waals surface area contributed by atoms with Crippen molar-refractivity contribution in [2.75, 3.05) is 13.1 Å². The Morgan fingerprint density at radius 2 is 1.83 bits per heavy atom. The third kappa shape index (κ3) is 3.60. The van der Waals surface area contributed by atoms with Crippen LogP contribution in [0.1, 0.15) is 43.1 Å². The normalized spacial score (nSPS) is 15.2. The summed E-state index contributed by atoms with van der Waals surface area (Å²) in [4.78, 5) is 31.5. The summed E-state index contributed by atoms with van der Waals surface area (Å²) in [5.74, 6) is -0.492. The Bertz CT molecular complexity index is 1050. The maximum absolute atomic E-state index is 13.4. The van der Waals surface area contributed by atoms with Crippen LogP contribution in [0.3, 0.4) is 0 Å². The van der Waals surface area contributed by atoms with Gasteiger partial charge in [-0.1, -0.05) is 30.3 Å². The topological polar surface area (TPSA) is 94.1 Å². The number of rotatable bonds is 4. The SMILES string of the molecule is CC(C)n1ncc2c(C(=O)N3CCC(C(N)=O)CC3)cc(-c3ccccc3)nc21. The minimum atomic E-state index is -0.284. The summed E-state index contributed by atoms with van der Waals surface area (Å²) < 4.78 is 1.85. The van der Waals surface area contributed by atoms with Gasteiger partial charge in [0.2, 0.25) is 5.91 Å². The van der Waals surface area contributed by atoms with Crippen molar-refractivity contribution in [1.82, 2.24) is 19.7 Å². The summed E-state index contributed by atoms with van der Waals surface area (Å²) in [6, 6.07) is 11.8. The van der Waals surface area contributed by atoms with Gasteiger partial charge in [-0.25, -0.2) is 9.67 Å². The molecule has 1 aromatic carbocycles. The molecule has 4 rings (SSSR count). The van der Waals surface area contributed by atoms with E-state index in [2.05, 4.69) is 5.10 Å². The number of nitrogens with two attached hydrogens (primary N) is 1. The van der Waals surface area contributed by atoms with Gasteiger partial charge in [-0.15, -0.1) is 0 Å². The van der Waals surface area contributed by atoms with E-state index in [4.69, 9.17) is 10.7 Å². The molecule has 0 bridgehead atoms. The number of likely N-dealkylation sites (tertiary alicyclic amines) is 1. The van der Waals surface area contributed by atoms with Crippen LogP contribution in [0.2, 0.25) is 0 Å². The van der Waals surface area contributed by atoms with Crippen molar-refractivity contribution in [2.45, 2.75) is 32.7 Å². The molecular formula is C22H25N5O2. The van der Waals surface area contributed by atoms with Crippen LogP contribution < -0.4 is 5.73 Å². The van der Waals surface area contributed by atoms with Gasteiger partial charge >= 0.3 is 0 Å². The molecule has 29 heavy (non-hydrogen) atoms. The number of benzene rings is 1. The molecule has 0 atom stereocenters. The van der Waals surface area contributed by atoms with Crippen molar-refractivity contribution < 1.29 is 9.59 Å². The number of hydrogen-bond donors (Lipinski definition) is 1. The minimum absolute atomic E-state index is 0.0548. The number of nitrogens with zero attached hydrogens (tertiary/aromatic N) is 4. The molecular weight excluding hydrogens is 366 g/mol. The van der Waals surface area contributed by atoms with Crippen LogP contribution in [0.5, 0.6) is 0 Å². The fourth-order valence-corrected chi connectivity index (χ4v) is 3.87. The van der Waals surface area contributed by atoms with Gasteiger partial charge in [0.15, 0.2) is 5.65 Å². The Morgan fingerprint density at radius 1 is 1.14 bits per heavy atom. The highest BCUT2D eigenvalue weighted by Crippen LogP contribution is 2.28. The molecule has 2 aromatic heterocycles. The zero-order valence-corrected chi connectivity index (χ0v) is 16.7. The molecule has 0 saturated carbocycles. The van der Waals surface area contributed by atoms with Crippen LogP contribution in [0.15, 0.2) is 42.6 Å². The van der Waals surface area contributed by atoms with Gasteiger partial charge in [0.1, 0.15) is 0 Å². The smallest absolute Gasteiger partial charge is 0.254 e. The molecule has 1 saturated heterocycles. The second-order valence-corrected chi connectivity index (χ2v) is 7.81. The molecule has 7 heteroatoms. The molecule has 7 nitrogen and oxygen atoms in total. The molecule has 2 N–H and O–H groups in total. The maximum Gasteiger partial charge on any atom is 0.254 e. The number of hydrogen-bond acceptors (Lipinski definition) is 4. The lowest BCUT2D eigenvalue weighted by atomic mass is 9.95. The monoisotopic (exact) mass is 391 g/mol. The van der Waals surface area contributed by atoms with E-state index in [9.17, 15) is 9.59 Å². The average Bonchev–Trinajstić information content (AvgIpc) is 3.17. The van der Waals surface area contributed by atoms with Crippen LogP contribution in [-0.4, -0.2) is 44.6 Å². The molecule has 2 amide bonds. The van der Waals surface area contributed by atoms with Gasteiger partial charge in [0.05, 0.1) is 22.8 Å². The van der Waals surface area contributed by atoms with Gasteiger partial charge in [-0.2, -0.15) is 5.10 Å². The van der Waals surface area contributed by atoms with Crippen molar-refractivity contribution in [3.8, 4) is 11.3 Å². The van der Waals surface area contributed by atoms with Gasteiger partial charge in [-0.05, 0) is 32.8 Å². The summed E-state index contributed by atoms with van der Waals surface area (Å²) in [5, 5.41) is 5.23. The highest BCUT2D eigenvalue weighted by Gasteiger charge is 2.28. The fraction of sp³-hybridized carbons (Fsp3) is 0.364. The Hall–Kier alpha value is -3.22. The van der Waals surface area contributed by atoms with E-state index in [0.29, 0.717) is 37.1 Å². The number of piperidine rings is 1. The summed E-state index contributed by atoms with van der Waals surface area (Å²) in [6.07, 6.45) is 2.93. The van der Waals surface area contributed by atoms with Crippen molar-refractivity contribution in [3.63, 3.8) is 0 Å². The Morgan fingerprint density at radius 3 is 2.45 bits per heavy atom. The number of pyridine rings is 1. The lowest BCUT2D eigenvalue weighted by Crippen LogP contribution is -2.41. The van der Waals surface area contributed by atoms with Gasteiger partial charge in [0, 0.05) is 30.6 Å². The second-order valence-electron chi connectivity index (χ2n) is 7.81. The van der Waals surface area contributed by atoms with Crippen molar-refractivity contribution in [1.29, 1.82) is 0 Å². The van der Waals surface area contributed by atoms with Crippen molar-refractivity contribution in [3.05, 3.63) is 48.2 Å². The second kappa shape index (κ2) is 7.66. The molecule has 3 aromatic rings. The molecule has 1 fully saturated rings. The molecule has 3 heterocycles. The summed E-state index contributed by atoms with van der Waals surface area (Å²) in [6.45, 7) is 5.13. The Kier molecular flexibility index (Phi) is 5.05. The zero-order chi connectivity index (χ0) is 20.5. The first kappa shape index (κ1) is 19.1. The third-order valence-corrected chi connectivity index (χ3v) is 5.54. The molecule has 0 spiro atoms. The predicted molar refractivity (Wildman–Crippen MR) is 111 cm³/mol. The van der Waals surface area contributed by atoms with Crippen LogP contribution in [0.4, 0.5) is 0 Å². The highest BCUT2D eigenvalue weighted by molar-refractivity contribution is 6.06. The average molecular weight is 391 g/mol. The van der Waals surface area contributed by atoms with Gasteiger partial charge in [0.25, 0.3) is 5.91 Å². The molecule has 0 unspecified atom stereocenters. The minimum Gasteiger partial charge on any atom is -0.369 e. The maximum atomic E-state index is 13.4.